The van der Waals surface area contributed by atoms with Gasteiger partial charge in [0, 0.05) is 5.41 Å². The van der Waals surface area contributed by atoms with Gasteiger partial charge >= 0.3 is 0 Å². The summed E-state index contributed by atoms with van der Waals surface area (Å²) in [5, 5.41) is 9.72. The molecule has 2 heteroatoms. The molecule has 1 aromatic rings. The molecule has 1 aliphatic heterocycles. The zero-order chi connectivity index (χ0) is 11.5. The molecule has 0 N–H and O–H groups in total. The summed E-state index contributed by atoms with van der Waals surface area (Å²) in [6.45, 7) is 1.52. The summed E-state index contributed by atoms with van der Waals surface area (Å²) in [4.78, 5) is 0. The van der Waals surface area contributed by atoms with E-state index in [-0.39, 0.29) is 10.8 Å². The molecule has 2 nitrogen and oxygen atoms in total. The second kappa shape index (κ2) is 2.80. The molecule has 3 atom stereocenters. The van der Waals surface area contributed by atoms with Crippen LogP contribution < -0.4 is 0 Å². The van der Waals surface area contributed by atoms with Crippen molar-refractivity contribution in [1.29, 1.82) is 5.26 Å². The molecule has 0 bridgehead atoms. The number of nitriles is 1. The molecule has 0 radical (unpaired) electrons. The number of hydrogen-bond acceptors (Lipinski definition) is 2. The fourth-order valence-electron chi connectivity index (χ4n) is 3.94. The average Bonchev–Trinajstić information content (AvgIpc) is 2.67. The van der Waals surface area contributed by atoms with Crippen molar-refractivity contribution in [2.24, 2.45) is 11.3 Å². The fraction of sp³-hybridized carbons (Fsp3) is 0.400. The summed E-state index contributed by atoms with van der Waals surface area (Å²) >= 11 is 0. The maximum Gasteiger partial charge on any atom is 0.0948 e. The zero-order valence-corrected chi connectivity index (χ0v) is 9.52. The number of nitrogens with zero attached hydrogens (tertiary/aromatic N) is 1. The van der Waals surface area contributed by atoms with Gasteiger partial charge in [-0.2, -0.15) is 5.26 Å². The van der Waals surface area contributed by atoms with Gasteiger partial charge in [0.15, 0.2) is 0 Å². The van der Waals surface area contributed by atoms with Gasteiger partial charge in [-0.15, -0.1) is 0 Å². The number of hydrogen-bond donors (Lipinski definition) is 0. The first kappa shape index (κ1) is 9.44. The molecule has 1 heterocycles. The highest BCUT2D eigenvalue weighted by atomic mass is 16.5. The van der Waals surface area contributed by atoms with E-state index in [0.717, 1.165) is 13.0 Å². The van der Waals surface area contributed by atoms with E-state index in [4.69, 9.17) is 4.74 Å². The SMILES string of the molecule is N#CC12CC3COCC31C=Cc1ccccc12. The molecule has 3 aliphatic rings. The molecule has 0 amide bonds. The molecule has 3 unspecified atom stereocenters. The lowest BCUT2D eigenvalue weighted by Crippen LogP contribution is -2.60. The quantitative estimate of drug-likeness (QED) is 0.677. The summed E-state index contributed by atoms with van der Waals surface area (Å²) < 4.78 is 5.63. The molecule has 1 aromatic carbocycles. The van der Waals surface area contributed by atoms with Gasteiger partial charge in [-0.1, -0.05) is 36.4 Å². The first-order chi connectivity index (χ1) is 8.32. The highest BCUT2D eigenvalue weighted by Crippen LogP contribution is 2.67. The summed E-state index contributed by atoms with van der Waals surface area (Å²) in [5.74, 6) is 0.534. The summed E-state index contributed by atoms with van der Waals surface area (Å²) in [5.41, 5.74) is 2.02. The van der Waals surface area contributed by atoms with Gasteiger partial charge in [-0.25, -0.2) is 0 Å². The van der Waals surface area contributed by atoms with Crippen LogP contribution in [0.4, 0.5) is 0 Å². The minimum atomic E-state index is -0.334. The molecule has 2 aliphatic carbocycles. The van der Waals surface area contributed by atoms with Gasteiger partial charge in [0.05, 0.1) is 24.7 Å². The largest absolute Gasteiger partial charge is 0.380 e. The Morgan fingerprint density at radius 2 is 2.24 bits per heavy atom. The van der Waals surface area contributed by atoms with Crippen molar-refractivity contribution >= 4 is 6.08 Å². The fourth-order valence-corrected chi connectivity index (χ4v) is 3.94. The van der Waals surface area contributed by atoms with Crippen molar-refractivity contribution in [3.05, 3.63) is 41.5 Å². The third kappa shape index (κ3) is 0.840. The van der Waals surface area contributed by atoms with Crippen LogP contribution in [0.25, 0.3) is 6.08 Å². The lowest BCUT2D eigenvalue weighted by atomic mass is 9.41. The van der Waals surface area contributed by atoms with Gasteiger partial charge in [0.2, 0.25) is 0 Å². The van der Waals surface area contributed by atoms with Crippen LogP contribution >= 0.6 is 0 Å². The second-order valence-electron chi connectivity index (χ2n) is 5.39. The van der Waals surface area contributed by atoms with Crippen LogP contribution in [0.15, 0.2) is 30.3 Å². The summed E-state index contributed by atoms with van der Waals surface area (Å²) in [7, 11) is 0. The highest BCUT2D eigenvalue weighted by molar-refractivity contribution is 5.66. The maximum atomic E-state index is 9.72. The van der Waals surface area contributed by atoms with Gasteiger partial charge in [0.1, 0.15) is 0 Å². The van der Waals surface area contributed by atoms with E-state index in [1.807, 2.05) is 12.1 Å². The van der Waals surface area contributed by atoms with E-state index in [2.05, 4.69) is 30.4 Å². The highest BCUT2D eigenvalue weighted by Gasteiger charge is 2.69. The average molecular weight is 223 g/mol. The molecule has 0 aromatic heterocycles. The Bertz CT molecular complexity index is 571. The second-order valence-corrected chi connectivity index (χ2v) is 5.39. The van der Waals surface area contributed by atoms with E-state index in [1.165, 1.54) is 11.1 Å². The number of rotatable bonds is 0. The van der Waals surface area contributed by atoms with Crippen molar-refractivity contribution in [1.82, 2.24) is 0 Å². The topological polar surface area (TPSA) is 33.0 Å². The Hall–Kier alpha value is -1.59. The molecule has 4 rings (SSSR count). The normalized spacial score (nSPS) is 40.8. The van der Waals surface area contributed by atoms with Gasteiger partial charge in [-0.3, -0.25) is 0 Å². The summed E-state index contributed by atoms with van der Waals surface area (Å²) in [6.07, 6.45) is 5.36. The molecule has 1 saturated carbocycles. The molecular formula is C15H13NO. The van der Waals surface area contributed by atoms with Crippen LogP contribution in [0.1, 0.15) is 17.5 Å². The van der Waals surface area contributed by atoms with E-state index in [1.54, 1.807) is 0 Å². The van der Waals surface area contributed by atoms with Crippen molar-refractivity contribution < 1.29 is 4.74 Å². The Morgan fingerprint density at radius 3 is 3.06 bits per heavy atom. The van der Waals surface area contributed by atoms with Crippen LogP contribution in [-0.4, -0.2) is 13.2 Å². The molecule has 84 valence electrons. The predicted molar refractivity (Wildman–Crippen MR) is 64.1 cm³/mol. The number of fused-ring (bicyclic) bond motifs is 2. The summed E-state index contributed by atoms with van der Waals surface area (Å²) in [6, 6.07) is 10.9. The van der Waals surface area contributed by atoms with Crippen LogP contribution in [0.5, 0.6) is 0 Å². The van der Waals surface area contributed by atoms with Crippen LogP contribution in [-0.2, 0) is 10.2 Å². The van der Waals surface area contributed by atoms with Crippen LogP contribution in [0, 0.1) is 22.7 Å². The first-order valence-corrected chi connectivity index (χ1v) is 6.10. The van der Waals surface area contributed by atoms with E-state index >= 15 is 0 Å². The third-order valence-corrected chi connectivity index (χ3v) is 4.91. The van der Waals surface area contributed by atoms with Gasteiger partial charge in [0.25, 0.3) is 0 Å². The molecule has 1 saturated heterocycles. The molecule has 17 heavy (non-hydrogen) atoms. The van der Waals surface area contributed by atoms with Crippen LogP contribution in [0.2, 0.25) is 0 Å². The van der Waals surface area contributed by atoms with Crippen molar-refractivity contribution in [2.75, 3.05) is 13.2 Å². The lowest BCUT2D eigenvalue weighted by Gasteiger charge is -2.57. The lowest BCUT2D eigenvalue weighted by molar-refractivity contribution is 0.0371. The molecule has 1 spiro atoms. The number of ether oxygens (including phenoxy) is 1. The Kier molecular flexibility index (Phi) is 1.56. The Labute approximate surface area is 101 Å². The Morgan fingerprint density at radius 1 is 1.35 bits per heavy atom. The minimum Gasteiger partial charge on any atom is -0.380 e. The maximum absolute atomic E-state index is 9.72. The third-order valence-electron chi connectivity index (χ3n) is 4.91. The zero-order valence-electron chi connectivity index (χ0n) is 9.52. The van der Waals surface area contributed by atoms with Crippen molar-refractivity contribution in [3.8, 4) is 6.07 Å². The van der Waals surface area contributed by atoms with Crippen molar-refractivity contribution in [2.45, 2.75) is 11.8 Å². The molecule has 2 fully saturated rings. The number of benzene rings is 1. The van der Waals surface area contributed by atoms with Crippen molar-refractivity contribution in [3.63, 3.8) is 0 Å². The van der Waals surface area contributed by atoms with Crippen LogP contribution in [0.3, 0.4) is 0 Å². The monoisotopic (exact) mass is 223 g/mol. The van der Waals surface area contributed by atoms with Gasteiger partial charge in [-0.05, 0) is 23.5 Å². The first-order valence-electron chi connectivity index (χ1n) is 6.10. The smallest absolute Gasteiger partial charge is 0.0948 e. The van der Waals surface area contributed by atoms with Gasteiger partial charge < -0.3 is 4.74 Å². The van der Waals surface area contributed by atoms with E-state index in [0.29, 0.717) is 12.5 Å². The Balaban J connectivity index is 1.99. The molecular weight excluding hydrogens is 210 g/mol. The van der Waals surface area contributed by atoms with E-state index in [9.17, 15) is 5.26 Å². The van der Waals surface area contributed by atoms with E-state index < -0.39 is 0 Å². The predicted octanol–water partition coefficient (Wildman–Crippen LogP) is 2.51. The standard InChI is InChI=1S/C15H13NO/c16-9-15-7-12-8-17-10-14(12,15)6-5-11-3-1-2-4-13(11)15/h1-6,12H,7-8,10H2. The minimum absolute atomic E-state index is 0.0455.